The molecule has 1 amide bonds. The first-order valence-corrected chi connectivity index (χ1v) is 31.1. The lowest BCUT2D eigenvalue weighted by Crippen LogP contribution is -2.60. The molecule has 9 nitrogen and oxygen atoms in total. The van der Waals surface area contributed by atoms with Crippen molar-refractivity contribution >= 4 is 5.91 Å². The summed E-state index contributed by atoms with van der Waals surface area (Å²) in [6, 6.07) is -0.826. The average Bonchev–Trinajstić information content (AvgIpc) is 3.45. The van der Waals surface area contributed by atoms with E-state index in [9.17, 15) is 30.3 Å². The van der Waals surface area contributed by atoms with Crippen molar-refractivity contribution in [1.82, 2.24) is 5.32 Å². The molecule has 0 radical (unpaired) electrons. The van der Waals surface area contributed by atoms with Crippen molar-refractivity contribution in [2.75, 3.05) is 13.2 Å². The molecule has 0 aromatic carbocycles. The van der Waals surface area contributed by atoms with Gasteiger partial charge in [0, 0.05) is 6.42 Å². The maximum Gasteiger partial charge on any atom is 0.220 e. The van der Waals surface area contributed by atoms with Gasteiger partial charge in [-0.15, -0.1) is 0 Å². The Morgan fingerprint density at radius 3 is 1.18 bits per heavy atom. The number of rotatable bonds is 51. The maximum atomic E-state index is 13.1. The van der Waals surface area contributed by atoms with Crippen LogP contribution >= 0.6 is 0 Å². The van der Waals surface area contributed by atoms with E-state index in [-0.39, 0.29) is 12.5 Å². The summed E-state index contributed by atoms with van der Waals surface area (Å²) in [6.07, 6.45) is 80.6. The van der Waals surface area contributed by atoms with Crippen LogP contribution in [-0.2, 0) is 14.3 Å². The number of hydrogen-bond acceptors (Lipinski definition) is 8. The summed E-state index contributed by atoms with van der Waals surface area (Å²) in [5.74, 6) is -0.201. The number of nitrogens with one attached hydrogen (secondary N) is 1. The van der Waals surface area contributed by atoms with Crippen LogP contribution in [0.15, 0.2) is 146 Å². The monoisotopic (exact) mass is 1080 g/mol. The zero-order valence-electron chi connectivity index (χ0n) is 49.1. The average molecular weight is 1080 g/mol. The molecule has 1 rings (SSSR count). The van der Waals surface area contributed by atoms with Crippen LogP contribution in [0.25, 0.3) is 0 Å². The van der Waals surface area contributed by atoms with Crippen molar-refractivity contribution in [1.29, 1.82) is 0 Å². The Kier molecular flexibility index (Phi) is 52.1. The van der Waals surface area contributed by atoms with Crippen molar-refractivity contribution in [3.63, 3.8) is 0 Å². The third kappa shape index (κ3) is 44.9. The lowest BCUT2D eigenvalue weighted by Gasteiger charge is -2.40. The van der Waals surface area contributed by atoms with Crippen LogP contribution in [0.3, 0.4) is 0 Å². The smallest absolute Gasteiger partial charge is 0.220 e. The summed E-state index contributed by atoms with van der Waals surface area (Å²) < 4.78 is 11.3. The number of carbonyl (C=O) groups excluding carboxylic acids is 1. The molecule has 0 aliphatic carbocycles. The fourth-order valence-corrected chi connectivity index (χ4v) is 8.81. The molecule has 7 unspecified atom stereocenters. The summed E-state index contributed by atoms with van der Waals surface area (Å²) in [7, 11) is 0. The summed E-state index contributed by atoms with van der Waals surface area (Å²) in [5, 5.41) is 54.5. The molecule has 0 spiro atoms. The van der Waals surface area contributed by atoms with Crippen molar-refractivity contribution in [2.45, 2.75) is 269 Å². The summed E-state index contributed by atoms with van der Waals surface area (Å²) in [4.78, 5) is 13.1. The van der Waals surface area contributed by atoms with E-state index < -0.39 is 49.5 Å². The molecule has 1 fully saturated rings. The topological polar surface area (TPSA) is 149 Å². The van der Waals surface area contributed by atoms with Gasteiger partial charge in [0.2, 0.25) is 5.91 Å². The second-order valence-electron chi connectivity index (χ2n) is 20.8. The fraction of sp³-hybridized carbons (Fsp3) is 0.638. The molecule has 1 saturated heterocycles. The maximum absolute atomic E-state index is 13.1. The minimum atomic E-state index is -1.58. The number of amides is 1. The highest BCUT2D eigenvalue weighted by atomic mass is 16.7. The molecule has 0 aromatic heterocycles. The van der Waals surface area contributed by atoms with Gasteiger partial charge in [0.1, 0.15) is 24.4 Å². The van der Waals surface area contributed by atoms with E-state index in [4.69, 9.17) is 9.47 Å². The highest BCUT2D eigenvalue weighted by Gasteiger charge is 2.44. The predicted octanol–water partition coefficient (Wildman–Crippen LogP) is 16.2. The van der Waals surface area contributed by atoms with Crippen LogP contribution in [0.4, 0.5) is 0 Å². The standard InChI is InChI=1S/C69H113NO8/c1-3-5-7-9-11-13-15-17-19-21-22-23-24-25-26-27-28-29-30-31-32-33-34-35-36-37-38-39-40-41-42-43-45-47-49-51-53-55-57-59-65(73)70-62(61-77-69-68(76)67(75)66(74)64(60-71)78-69)63(72)58-56-54-52-50-48-46-44-20-18-16-14-12-10-8-6-4-2/h5,7,11,13,17,19,22-23,25-26,28-29,31-32,34-35,37-38,40-41,43,45,56,58,62-64,66-69,71-72,74-76H,3-4,6,8-10,12,14-16,18,20-21,24,27,30,33,36,39,42,44,46-55,57,59-61H2,1-2H3,(H,70,73)/b7-5-,13-11-,19-17-,23-22-,26-25-,29-28-,32-31-,35-34-,38-37-,41-40-,45-43-,58-56+. The van der Waals surface area contributed by atoms with Gasteiger partial charge in [0.05, 0.1) is 25.4 Å². The number of ether oxygens (including phenoxy) is 2. The van der Waals surface area contributed by atoms with Gasteiger partial charge >= 0.3 is 0 Å². The molecule has 1 heterocycles. The van der Waals surface area contributed by atoms with Gasteiger partial charge in [-0.05, 0) is 103 Å². The molecule has 1 aliphatic heterocycles. The van der Waals surface area contributed by atoms with Crippen molar-refractivity contribution in [3.8, 4) is 0 Å². The molecule has 0 bridgehead atoms. The van der Waals surface area contributed by atoms with Crippen molar-refractivity contribution < 1.29 is 39.8 Å². The molecule has 9 heteroatoms. The molecule has 6 N–H and O–H groups in total. The van der Waals surface area contributed by atoms with Crippen molar-refractivity contribution in [3.05, 3.63) is 146 Å². The van der Waals surface area contributed by atoms with E-state index in [1.807, 2.05) is 6.08 Å². The van der Waals surface area contributed by atoms with Gasteiger partial charge < -0.3 is 40.3 Å². The van der Waals surface area contributed by atoms with Crippen LogP contribution in [0.5, 0.6) is 0 Å². The Hall–Kier alpha value is -3.93. The van der Waals surface area contributed by atoms with Crippen LogP contribution in [0.2, 0.25) is 0 Å². The number of carbonyl (C=O) groups is 1. The Morgan fingerprint density at radius 1 is 0.449 bits per heavy atom. The number of unbranched alkanes of at least 4 members (excludes halogenated alkanes) is 19. The van der Waals surface area contributed by atoms with Crippen LogP contribution in [0.1, 0.15) is 226 Å². The van der Waals surface area contributed by atoms with Crippen LogP contribution in [-0.4, -0.2) is 87.5 Å². The molecular weight excluding hydrogens is 971 g/mol. The lowest BCUT2D eigenvalue weighted by molar-refractivity contribution is -0.302. The van der Waals surface area contributed by atoms with Gasteiger partial charge in [-0.1, -0.05) is 262 Å². The predicted molar refractivity (Wildman–Crippen MR) is 331 cm³/mol. The molecule has 0 saturated carbocycles. The van der Waals surface area contributed by atoms with E-state index in [0.29, 0.717) is 6.42 Å². The SMILES string of the molecule is CC/C=C\C/C=C\C/C=C\C/C=C\C/C=C\C/C=C\C/C=C\C/C=C\C/C=C\C/C=C\C/C=C\CCCCCCCC(=O)NC(COC1OC(CO)C(O)C(O)C1O)C(O)/C=C/CCCCCCCCCCCCCCCC. The first-order chi connectivity index (χ1) is 38.3. The second kappa shape index (κ2) is 56.3. The summed E-state index contributed by atoms with van der Waals surface area (Å²) >= 11 is 0. The molecule has 442 valence electrons. The van der Waals surface area contributed by atoms with Crippen LogP contribution in [0, 0.1) is 0 Å². The van der Waals surface area contributed by atoms with Crippen molar-refractivity contribution in [2.24, 2.45) is 0 Å². The van der Waals surface area contributed by atoms with E-state index in [0.717, 1.165) is 128 Å². The molecule has 1 aliphatic rings. The first kappa shape index (κ1) is 72.1. The van der Waals surface area contributed by atoms with Gasteiger partial charge in [-0.25, -0.2) is 0 Å². The minimum Gasteiger partial charge on any atom is -0.394 e. The normalized spacial score (nSPS) is 19.7. The van der Waals surface area contributed by atoms with E-state index in [1.54, 1.807) is 6.08 Å². The van der Waals surface area contributed by atoms with E-state index in [2.05, 4.69) is 153 Å². The minimum absolute atomic E-state index is 0.201. The number of allylic oxidation sites excluding steroid dienone is 23. The Bertz CT molecular complexity index is 1730. The van der Waals surface area contributed by atoms with Gasteiger partial charge in [0.15, 0.2) is 6.29 Å². The quantitative estimate of drug-likeness (QED) is 0.0261. The Morgan fingerprint density at radius 2 is 0.795 bits per heavy atom. The third-order valence-electron chi connectivity index (χ3n) is 13.7. The largest absolute Gasteiger partial charge is 0.394 e. The first-order valence-electron chi connectivity index (χ1n) is 31.1. The number of aliphatic hydroxyl groups excluding tert-OH is 5. The second-order valence-corrected chi connectivity index (χ2v) is 20.8. The van der Waals surface area contributed by atoms with Gasteiger partial charge in [-0.2, -0.15) is 0 Å². The Balaban J connectivity index is 2.20. The summed E-state index contributed by atoms with van der Waals surface area (Å²) in [6.45, 7) is 3.64. The Labute approximate surface area is 476 Å². The number of hydrogen-bond donors (Lipinski definition) is 6. The molecule has 7 atom stereocenters. The molecule has 0 aromatic rings. The zero-order chi connectivity index (χ0) is 56.5. The van der Waals surface area contributed by atoms with Gasteiger partial charge in [0.25, 0.3) is 0 Å². The molecule has 78 heavy (non-hydrogen) atoms. The number of aliphatic hydroxyl groups is 5. The van der Waals surface area contributed by atoms with E-state index >= 15 is 0 Å². The highest BCUT2D eigenvalue weighted by Crippen LogP contribution is 2.23. The van der Waals surface area contributed by atoms with Crippen LogP contribution < -0.4 is 5.32 Å². The molecular formula is C69H113NO8. The fourth-order valence-electron chi connectivity index (χ4n) is 8.81. The third-order valence-corrected chi connectivity index (χ3v) is 13.7. The lowest BCUT2D eigenvalue weighted by atomic mass is 9.99. The van der Waals surface area contributed by atoms with E-state index in [1.165, 1.54) is 77.0 Å². The summed E-state index contributed by atoms with van der Waals surface area (Å²) in [5.41, 5.74) is 0. The zero-order valence-corrected chi connectivity index (χ0v) is 49.1. The highest BCUT2D eigenvalue weighted by molar-refractivity contribution is 5.76. The van der Waals surface area contributed by atoms with Gasteiger partial charge in [-0.3, -0.25) is 4.79 Å².